The van der Waals surface area contributed by atoms with Crippen LogP contribution in [0.25, 0.3) is 5.69 Å². The monoisotopic (exact) mass is 516 g/mol. The molecule has 0 saturated heterocycles. The van der Waals surface area contributed by atoms with Gasteiger partial charge in [0.05, 0.1) is 22.4 Å². The second kappa shape index (κ2) is 10.1. The first-order valence-electron chi connectivity index (χ1n) is 11.3. The predicted molar refractivity (Wildman–Crippen MR) is 142 cm³/mol. The molecule has 1 aliphatic heterocycles. The molecule has 180 valence electrons. The maximum atomic E-state index is 13.5. The molecule has 0 fully saturated rings. The van der Waals surface area contributed by atoms with E-state index in [1.807, 2.05) is 31.2 Å². The van der Waals surface area contributed by atoms with E-state index in [0.717, 1.165) is 28.9 Å². The van der Waals surface area contributed by atoms with Crippen molar-refractivity contribution in [1.82, 2.24) is 15.1 Å². The van der Waals surface area contributed by atoms with Crippen LogP contribution in [0.5, 0.6) is 0 Å². The molecule has 0 bridgehead atoms. The van der Waals surface area contributed by atoms with Gasteiger partial charge in [-0.05, 0) is 47.0 Å². The fourth-order valence-electron chi connectivity index (χ4n) is 4.01. The van der Waals surface area contributed by atoms with Crippen LogP contribution < -0.4 is 10.2 Å². The highest BCUT2D eigenvalue weighted by Crippen LogP contribution is 2.48. The molecular formula is C25H29ClN4O2S2. The average Bonchev–Trinajstić information content (AvgIpc) is 3.42. The molecule has 1 aromatic carbocycles. The number of hydrogen-bond acceptors (Lipinski definition) is 5. The first-order valence-corrected chi connectivity index (χ1v) is 13.7. The summed E-state index contributed by atoms with van der Waals surface area (Å²) in [6.45, 7) is 8.88. The van der Waals surface area contributed by atoms with Crippen molar-refractivity contribution in [3.05, 3.63) is 62.9 Å². The Morgan fingerprint density at radius 1 is 1.29 bits per heavy atom. The number of aromatic nitrogens is 2. The van der Waals surface area contributed by atoms with Crippen LogP contribution in [0.2, 0.25) is 5.02 Å². The lowest BCUT2D eigenvalue weighted by Crippen LogP contribution is -2.42. The van der Waals surface area contributed by atoms with Gasteiger partial charge >= 0.3 is 0 Å². The van der Waals surface area contributed by atoms with E-state index in [1.165, 1.54) is 0 Å². The van der Waals surface area contributed by atoms with Crippen molar-refractivity contribution < 1.29 is 9.59 Å². The summed E-state index contributed by atoms with van der Waals surface area (Å²) in [6.07, 6.45) is 0.829. The number of hydrogen-bond donors (Lipinski definition) is 1. The summed E-state index contributed by atoms with van der Waals surface area (Å²) in [5.41, 5.74) is 3.48. The van der Waals surface area contributed by atoms with Crippen LogP contribution in [0.4, 0.5) is 5.82 Å². The zero-order valence-electron chi connectivity index (χ0n) is 19.8. The van der Waals surface area contributed by atoms with Crippen LogP contribution in [0.3, 0.4) is 0 Å². The molecule has 34 heavy (non-hydrogen) atoms. The molecule has 0 unspecified atom stereocenters. The molecule has 6 nitrogen and oxygen atoms in total. The maximum Gasteiger partial charge on any atom is 0.240 e. The lowest BCUT2D eigenvalue weighted by Gasteiger charge is -2.24. The highest BCUT2D eigenvalue weighted by Gasteiger charge is 2.40. The van der Waals surface area contributed by atoms with E-state index in [0.29, 0.717) is 17.4 Å². The molecule has 1 N–H and O–H groups in total. The number of halogens is 1. The topological polar surface area (TPSA) is 67.2 Å². The van der Waals surface area contributed by atoms with Gasteiger partial charge in [0.2, 0.25) is 11.8 Å². The Hall–Kier alpha value is -2.29. The zero-order chi connectivity index (χ0) is 24.5. The second-order valence-electron chi connectivity index (χ2n) is 9.31. The summed E-state index contributed by atoms with van der Waals surface area (Å²) in [7, 11) is 0. The number of rotatable bonds is 6. The third-order valence-electron chi connectivity index (χ3n) is 5.57. The van der Waals surface area contributed by atoms with Crippen molar-refractivity contribution in [3.63, 3.8) is 0 Å². The summed E-state index contributed by atoms with van der Waals surface area (Å²) in [4.78, 5) is 27.9. The quantitative estimate of drug-likeness (QED) is 0.464. The van der Waals surface area contributed by atoms with E-state index in [2.05, 4.69) is 42.9 Å². The van der Waals surface area contributed by atoms with Gasteiger partial charge in [-0.3, -0.25) is 14.5 Å². The zero-order valence-corrected chi connectivity index (χ0v) is 22.2. The van der Waals surface area contributed by atoms with Gasteiger partial charge < -0.3 is 5.32 Å². The Morgan fingerprint density at radius 3 is 2.74 bits per heavy atom. The Balaban J connectivity index is 1.98. The first kappa shape index (κ1) is 24.8. The van der Waals surface area contributed by atoms with E-state index in [1.54, 1.807) is 32.7 Å². The third-order valence-corrected chi connectivity index (χ3v) is 7.76. The van der Waals surface area contributed by atoms with Crippen LogP contribution in [-0.4, -0.2) is 40.4 Å². The number of nitrogens with zero attached hydrogens (tertiary/aromatic N) is 3. The number of thioether (sulfide) groups is 1. The minimum absolute atomic E-state index is 0.0570. The normalized spacial score (nSPS) is 16.3. The largest absolute Gasteiger partial charge is 0.355 e. The van der Waals surface area contributed by atoms with Gasteiger partial charge in [0.25, 0.3) is 0 Å². The fraction of sp³-hybridized carbons (Fsp3) is 0.400. The molecule has 3 aromatic rings. The summed E-state index contributed by atoms with van der Waals surface area (Å²) >= 11 is 9.56. The van der Waals surface area contributed by atoms with Crippen LogP contribution in [0, 0.1) is 0 Å². The lowest BCUT2D eigenvalue weighted by atomic mass is 9.87. The van der Waals surface area contributed by atoms with Crippen LogP contribution in [0.15, 0.2) is 41.1 Å². The van der Waals surface area contributed by atoms with E-state index in [4.69, 9.17) is 16.7 Å². The average molecular weight is 517 g/mol. The van der Waals surface area contributed by atoms with Crippen LogP contribution in [-0.2, 0) is 15.0 Å². The molecule has 2 amide bonds. The molecule has 9 heteroatoms. The van der Waals surface area contributed by atoms with Crippen LogP contribution in [0.1, 0.15) is 56.2 Å². The Bertz CT molecular complexity index is 1180. The molecular weight excluding hydrogens is 488 g/mol. The number of amides is 2. The standard InChI is InChI=1S/C25H29ClN4O2S2/c1-5-10-27-19(31)13-29-20(32)15-34-22(16-9-11-33-14-16)21-23(25(2,3)4)28-30(24(21)29)18-8-6-7-17(26)12-18/h6-9,11-12,14,22H,5,10,13,15H2,1-4H3,(H,27,31)/t22-/m1/s1. The van der Waals surface area contributed by atoms with E-state index >= 15 is 0 Å². The second-order valence-corrected chi connectivity index (χ2v) is 11.6. The van der Waals surface area contributed by atoms with Crippen molar-refractivity contribution in [3.8, 4) is 5.69 Å². The fourth-order valence-corrected chi connectivity index (χ4v) is 6.16. The molecule has 4 rings (SSSR count). The van der Waals surface area contributed by atoms with Gasteiger partial charge in [-0.1, -0.05) is 45.4 Å². The summed E-state index contributed by atoms with van der Waals surface area (Å²) in [5, 5.41) is 12.6. The molecule has 0 saturated carbocycles. The Kier molecular flexibility index (Phi) is 7.40. The molecule has 0 radical (unpaired) electrons. The number of benzene rings is 1. The predicted octanol–water partition coefficient (Wildman–Crippen LogP) is 5.58. The van der Waals surface area contributed by atoms with E-state index in [9.17, 15) is 9.59 Å². The smallest absolute Gasteiger partial charge is 0.240 e. The molecule has 1 aliphatic rings. The Morgan fingerprint density at radius 2 is 2.09 bits per heavy atom. The minimum atomic E-state index is -0.285. The van der Waals surface area contributed by atoms with E-state index < -0.39 is 0 Å². The number of thiophene rings is 1. The SMILES string of the molecule is CCCNC(=O)CN1C(=O)CS[C@H](c2ccsc2)c2c(C(C)(C)C)nn(-c3cccc(Cl)c3)c21. The number of nitrogens with one attached hydrogen (secondary N) is 1. The van der Waals surface area contributed by atoms with Gasteiger partial charge in [0.1, 0.15) is 12.4 Å². The number of carbonyl (C=O) groups excluding carboxylic acids is 2. The first-order chi connectivity index (χ1) is 16.2. The van der Waals surface area contributed by atoms with Crippen LogP contribution >= 0.6 is 34.7 Å². The van der Waals surface area contributed by atoms with E-state index in [-0.39, 0.29) is 34.8 Å². The van der Waals surface area contributed by atoms with Crippen molar-refractivity contribution >= 4 is 52.3 Å². The van der Waals surface area contributed by atoms with Crippen molar-refractivity contribution in [2.75, 3.05) is 23.7 Å². The number of anilines is 1. The number of fused-ring (bicyclic) bond motifs is 1. The van der Waals surface area contributed by atoms with Gasteiger partial charge in [0, 0.05) is 22.5 Å². The van der Waals surface area contributed by atoms with Gasteiger partial charge in [-0.2, -0.15) is 16.4 Å². The van der Waals surface area contributed by atoms with Crippen molar-refractivity contribution in [2.45, 2.75) is 44.8 Å². The molecule has 3 heterocycles. The summed E-state index contributed by atoms with van der Waals surface area (Å²) < 4.78 is 1.79. The highest BCUT2D eigenvalue weighted by atomic mass is 35.5. The van der Waals surface area contributed by atoms with Crippen molar-refractivity contribution in [2.24, 2.45) is 0 Å². The minimum Gasteiger partial charge on any atom is -0.355 e. The summed E-state index contributed by atoms with van der Waals surface area (Å²) in [6, 6.07) is 9.53. The summed E-state index contributed by atoms with van der Waals surface area (Å²) in [5.74, 6) is 0.621. The maximum absolute atomic E-state index is 13.5. The molecule has 0 aliphatic carbocycles. The van der Waals surface area contributed by atoms with Gasteiger partial charge in [-0.15, -0.1) is 11.8 Å². The van der Waals surface area contributed by atoms with Gasteiger partial charge in [0.15, 0.2) is 0 Å². The lowest BCUT2D eigenvalue weighted by molar-refractivity contribution is -0.122. The van der Waals surface area contributed by atoms with Gasteiger partial charge in [-0.25, -0.2) is 4.68 Å². The number of carbonyl (C=O) groups is 2. The highest BCUT2D eigenvalue weighted by molar-refractivity contribution is 8.00. The molecule has 2 aromatic heterocycles. The Labute approximate surface area is 213 Å². The van der Waals surface area contributed by atoms with Crippen molar-refractivity contribution in [1.29, 1.82) is 0 Å². The molecule has 0 spiro atoms. The molecule has 1 atom stereocenters. The third kappa shape index (κ3) is 5.04.